The SMILES string of the molecule is CN1CCC[C@@H]1[C@@H]1CCCN1C(=O)[C@H]1C[C@@H]1c1ccccc1F. The van der Waals surface area contributed by atoms with Crippen LogP contribution in [0.4, 0.5) is 4.39 Å². The van der Waals surface area contributed by atoms with E-state index < -0.39 is 0 Å². The molecular formula is C19H25FN2O. The molecule has 1 amide bonds. The van der Waals surface area contributed by atoms with Crippen LogP contribution < -0.4 is 0 Å². The standard InChI is InChI=1S/C19H25FN2O/c1-21-10-4-8-17(21)18-9-5-11-22(18)19(23)15-12-14(15)13-6-2-3-7-16(13)20/h2-3,6-7,14-15,17-18H,4-5,8-12H2,1H3/t14-,15+,17-,18+/m1/s1. The van der Waals surface area contributed by atoms with Gasteiger partial charge in [0.15, 0.2) is 0 Å². The third kappa shape index (κ3) is 2.67. The average Bonchev–Trinajstić information content (AvgIpc) is 2.97. The minimum absolute atomic E-state index is 0.000732. The average molecular weight is 316 g/mol. The molecule has 0 N–H and O–H groups in total. The lowest BCUT2D eigenvalue weighted by Crippen LogP contribution is -2.47. The molecule has 0 radical (unpaired) electrons. The van der Waals surface area contributed by atoms with Crippen molar-refractivity contribution in [2.24, 2.45) is 5.92 Å². The lowest BCUT2D eigenvalue weighted by Gasteiger charge is -2.33. The molecule has 3 nitrogen and oxygen atoms in total. The molecule has 0 unspecified atom stereocenters. The smallest absolute Gasteiger partial charge is 0.226 e. The fourth-order valence-corrected chi connectivity index (χ4v) is 4.69. The summed E-state index contributed by atoms with van der Waals surface area (Å²) < 4.78 is 13.9. The second-order valence-electron chi connectivity index (χ2n) is 7.40. The van der Waals surface area contributed by atoms with Gasteiger partial charge in [-0.3, -0.25) is 4.79 Å². The van der Waals surface area contributed by atoms with Gasteiger partial charge in [-0.1, -0.05) is 18.2 Å². The highest BCUT2D eigenvalue weighted by molar-refractivity contribution is 5.83. The Balaban J connectivity index is 1.46. The number of benzene rings is 1. The summed E-state index contributed by atoms with van der Waals surface area (Å²) in [6, 6.07) is 7.80. The van der Waals surface area contributed by atoms with Crippen molar-refractivity contribution in [2.75, 3.05) is 20.1 Å². The monoisotopic (exact) mass is 316 g/mol. The zero-order valence-corrected chi connectivity index (χ0v) is 13.7. The molecule has 1 aromatic carbocycles. The highest BCUT2D eigenvalue weighted by Gasteiger charge is 2.49. The van der Waals surface area contributed by atoms with E-state index >= 15 is 0 Å². The Bertz CT molecular complexity index is 605. The number of nitrogens with zero attached hydrogens (tertiary/aromatic N) is 2. The Morgan fingerprint density at radius 2 is 1.87 bits per heavy atom. The highest BCUT2D eigenvalue weighted by Crippen LogP contribution is 2.50. The van der Waals surface area contributed by atoms with Crippen molar-refractivity contribution in [3.63, 3.8) is 0 Å². The number of amides is 1. The molecule has 4 atom stereocenters. The number of hydrogen-bond donors (Lipinski definition) is 0. The quantitative estimate of drug-likeness (QED) is 0.856. The maximum absolute atomic E-state index is 13.9. The summed E-state index contributed by atoms with van der Waals surface area (Å²) >= 11 is 0. The number of carbonyl (C=O) groups is 1. The van der Waals surface area contributed by atoms with E-state index in [2.05, 4.69) is 16.8 Å². The number of halogens is 1. The van der Waals surface area contributed by atoms with Crippen molar-refractivity contribution in [2.45, 2.75) is 50.1 Å². The second kappa shape index (κ2) is 5.90. The maximum atomic E-state index is 13.9. The van der Waals surface area contributed by atoms with Gasteiger partial charge in [0.1, 0.15) is 5.82 Å². The molecule has 1 aromatic rings. The molecule has 4 rings (SSSR count). The molecule has 2 heterocycles. The van der Waals surface area contributed by atoms with Crippen molar-refractivity contribution in [1.82, 2.24) is 9.80 Å². The van der Waals surface area contributed by atoms with Crippen LogP contribution in [0.3, 0.4) is 0 Å². The van der Waals surface area contributed by atoms with Crippen LogP contribution in [0.5, 0.6) is 0 Å². The van der Waals surface area contributed by atoms with Gasteiger partial charge in [0, 0.05) is 24.5 Å². The fraction of sp³-hybridized carbons (Fsp3) is 0.632. The van der Waals surface area contributed by atoms with Crippen molar-refractivity contribution in [3.8, 4) is 0 Å². The zero-order chi connectivity index (χ0) is 16.0. The summed E-state index contributed by atoms with van der Waals surface area (Å²) in [5.41, 5.74) is 0.722. The summed E-state index contributed by atoms with van der Waals surface area (Å²) in [4.78, 5) is 17.5. The molecule has 2 aliphatic heterocycles. The lowest BCUT2D eigenvalue weighted by atomic mass is 10.0. The van der Waals surface area contributed by atoms with Gasteiger partial charge in [-0.2, -0.15) is 0 Å². The maximum Gasteiger partial charge on any atom is 0.226 e. The highest BCUT2D eigenvalue weighted by atomic mass is 19.1. The van der Waals surface area contributed by atoms with Crippen molar-refractivity contribution in [1.29, 1.82) is 0 Å². The van der Waals surface area contributed by atoms with Crippen LogP contribution in [0.25, 0.3) is 0 Å². The Morgan fingerprint density at radius 3 is 2.61 bits per heavy atom. The predicted molar refractivity (Wildman–Crippen MR) is 87.6 cm³/mol. The van der Waals surface area contributed by atoms with Crippen molar-refractivity contribution < 1.29 is 9.18 Å². The van der Waals surface area contributed by atoms with E-state index in [1.165, 1.54) is 18.9 Å². The molecular weight excluding hydrogens is 291 g/mol. The van der Waals surface area contributed by atoms with E-state index in [4.69, 9.17) is 0 Å². The molecule has 1 aliphatic carbocycles. The van der Waals surface area contributed by atoms with E-state index in [-0.39, 0.29) is 23.6 Å². The van der Waals surface area contributed by atoms with Gasteiger partial charge in [0.2, 0.25) is 5.91 Å². The minimum atomic E-state index is -0.165. The molecule has 0 spiro atoms. The molecule has 1 saturated carbocycles. The van der Waals surface area contributed by atoms with E-state index in [1.807, 2.05) is 12.1 Å². The van der Waals surface area contributed by atoms with E-state index in [9.17, 15) is 9.18 Å². The normalized spacial score (nSPS) is 34.1. The molecule has 0 aromatic heterocycles. The van der Waals surface area contributed by atoms with Crippen LogP contribution in [-0.2, 0) is 4.79 Å². The summed E-state index contributed by atoms with van der Waals surface area (Å²) in [7, 11) is 2.18. The molecule has 3 aliphatic rings. The number of rotatable bonds is 3. The van der Waals surface area contributed by atoms with E-state index in [0.717, 1.165) is 37.9 Å². The van der Waals surface area contributed by atoms with Gasteiger partial charge in [-0.15, -0.1) is 0 Å². The molecule has 23 heavy (non-hydrogen) atoms. The predicted octanol–water partition coefficient (Wildman–Crippen LogP) is 3.01. The Labute approximate surface area is 137 Å². The summed E-state index contributed by atoms with van der Waals surface area (Å²) in [6.07, 6.45) is 5.48. The van der Waals surface area contributed by atoms with Crippen LogP contribution in [0, 0.1) is 11.7 Å². The van der Waals surface area contributed by atoms with Gasteiger partial charge in [0.25, 0.3) is 0 Å². The summed E-state index contributed by atoms with van der Waals surface area (Å²) in [5.74, 6) is 0.188. The minimum Gasteiger partial charge on any atom is -0.338 e. The third-order valence-corrected chi connectivity index (χ3v) is 6.02. The van der Waals surface area contributed by atoms with Gasteiger partial charge in [-0.05, 0) is 63.2 Å². The molecule has 0 bridgehead atoms. The van der Waals surface area contributed by atoms with Crippen LogP contribution in [0.1, 0.15) is 43.6 Å². The lowest BCUT2D eigenvalue weighted by molar-refractivity contribution is -0.134. The van der Waals surface area contributed by atoms with E-state index in [1.54, 1.807) is 6.07 Å². The second-order valence-corrected chi connectivity index (χ2v) is 7.40. The van der Waals surface area contributed by atoms with Gasteiger partial charge in [-0.25, -0.2) is 4.39 Å². The van der Waals surface area contributed by atoms with Crippen LogP contribution in [0.15, 0.2) is 24.3 Å². The number of likely N-dealkylation sites (tertiary alicyclic amines) is 2. The van der Waals surface area contributed by atoms with Crippen molar-refractivity contribution >= 4 is 5.91 Å². The van der Waals surface area contributed by atoms with E-state index in [0.29, 0.717) is 12.1 Å². The Kier molecular flexibility index (Phi) is 3.88. The fourth-order valence-electron chi connectivity index (χ4n) is 4.69. The first-order valence-electron chi connectivity index (χ1n) is 8.92. The van der Waals surface area contributed by atoms with Crippen molar-refractivity contribution in [3.05, 3.63) is 35.6 Å². The first-order chi connectivity index (χ1) is 11.2. The number of likely N-dealkylation sites (N-methyl/N-ethyl adjacent to an activating group) is 1. The summed E-state index contributed by atoms with van der Waals surface area (Å²) in [5, 5.41) is 0. The first-order valence-corrected chi connectivity index (χ1v) is 8.92. The molecule has 124 valence electrons. The van der Waals surface area contributed by atoms with Gasteiger partial charge < -0.3 is 9.80 Å². The molecule has 4 heteroatoms. The Morgan fingerprint density at radius 1 is 1.13 bits per heavy atom. The molecule has 3 fully saturated rings. The van der Waals surface area contributed by atoms with Crippen LogP contribution in [-0.4, -0.2) is 47.9 Å². The zero-order valence-electron chi connectivity index (χ0n) is 13.7. The van der Waals surface area contributed by atoms with Crippen LogP contribution in [0.2, 0.25) is 0 Å². The van der Waals surface area contributed by atoms with Crippen LogP contribution >= 0.6 is 0 Å². The number of carbonyl (C=O) groups excluding carboxylic acids is 1. The Hall–Kier alpha value is -1.42. The molecule has 2 saturated heterocycles. The van der Waals surface area contributed by atoms with Gasteiger partial charge >= 0.3 is 0 Å². The topological polar surface area (TPSA) is 23.6 Å². The largest absolute Gasteiger partial charge is 0.338 e. The first kappa shape index (κ1) is 15.1. The number of hydrogen-bond acceptors (Lipinski definition) is 2. The summed E-state index contributed by atoms with van der Waals surface area (Å²) in [6.45, 7) is 2.03. The third-order valence-electron chi connectivity index (χ3n) is 6.02. The van der Waals surface area contributed by atoms with Gasteiger partial charge in [0.05, 0.1) is 0 Å².